The van der Waals surface area contributed by atoms with E-state index in [1.54, 1.807) is 11.3 Å². The van der Waals surface area contributed by atoms with Gasteiger partial charge in [-0.1, -0.05) is 24.3 Å². The number of rotatable bonds is 3. The number of fused-ring (bicyclic) bond motifs is 1. The Morgan fingerprint density at radius 3 is 2.65 bits per heavy atom. The Hall–Kier alpha value is -1.19. The van der Waals surface area contributed by atoms with E-state index in [-0.39, 0.29) is 0 Å². The van der Waals surface area contributed by atoms with Gasteiger partial charge in [0.2, 0.25) is 0 Å². The molecule has 0 unspecified atom stereocenters. The summed E-state index contributed by atoms with van der Waals surface area (Å²) >= 11 is 1.81. The first-order valence-corrected chi connectivity index (χ1v) is 6.90. The quantitative estimate of drug-likeness (QED) is 0.898. The molecule has 0 fully saturated rings. The van der Waals surface area contributed by atoms with Crippen molar-refractivity contribution in [1.29, 1.82) is 0 Å². The molecule has 17 heavy (non-hydrogen) atoms. The van der Waals surface area contributed by atoms with E-state index < -0.39 is 0 Å². The van der Waals surface area contributed by atoms with Crippen LogP contribution in [0.4, 0.5) is 0 Å². The molecule has 0 spiro atoms. The number of aromatic nitrogens is 1. The number of thiazole rings is 1. The van der Waals surface area contributed by atoms with Crippen LogP contribution in [0, 0.1) is 0 Å². The number of nitrogens with zero attached hydrogens (tertiary/aromatic N) is 1. The maximum Gasteiger partial charge on any atom is 0.0966 e. The number of hydrogen-bond acceptors (Lipinski definition) is 3. The van der Waals surface area contributed by atoms with E-state index in [1.807, 2.05) is 7.05 Å². The highest BCUT2D eigenvalue weighted by atomic mass is 32.1. The maximum atomic E-state index is 4.72. The normalized spacial score (nSPS) is 15.1. The predicted molar refractivity (Wildman–Crippen MR) is 71.5 cm³/mol. The van der Waals surface area contributed by atoms with Gasteiger partial charge < -0.3 is 5.32 Å². The third-order valence-electron chi connectivity index (χ3n) is 3.33. The summed E-state index contributed by atoms with van der Waals surface area (Å²) in [7, 11) is 1.96. The van der Waals surface area contributed by atoms with Crippen LogP contribution in [0.25, 0.3) is 0 Å². The van der Waals surface area contributed by atoms with Crippen LogP contribution in [0.5, 0.6) is 0 Å². The number of benzene rings is 1. The lowest BCUT2D eigenvalue weighted by Crippen LogP contribution is -2.06. The van der Waals surface area contributed by atoms with Crippen molar-refractivity contribution >= 4 is 11.3 Å². The van der Waals surface area contributed by atoms with Crippen molar-refractivity contribution in [2.24, 2.45) is 0 Å². The van der Waals surface area contributed by atoms with Crippen molar-refractivity contribution in [2.45, 2.75) is 25.3 Å². The SMILES string of the molecule is CNCc1csc(C2Cc3ccccc3C2)n1. The Labute approximate surface area is 106 Å². The van der Waals surface area contributed by atoms with E-state index in [1.165, 1.54) is 21.8 Å². The molecule has 0 radical (unpaired) electrons. The van der Waals surface area contributed by atoms with E-state index >= 15 is 0 Å². The third-order valence-corrected chi connectivity index (χ3v) is 4.38. The molecule has 1 aliphatic rings. The minimum atomic E-state index is 0.600. The van der Waals surface area contributed by atoms with Gasteiger partial charge in [-0.2, -0.15) is 0 Å². The lowest BCUT2D eigenvalue weighted by atomic mass is 10.1. The highest BCUT2D eigenvalue weighted by molar-refractivity contribution is 7.09. The van der Waals surface area contributed by atoms with Crippen LogP contribution in [0.2, 0.25) is 0 Å². The van der Waals surface area contributed by atoms with Crippen molar-refractivity contribution in [3.05, 3.63) is 51.5 Å². The fourth-order valence-corrected chi connectivity index (χ4v) is 3.43. The number of nitrogens with one attached hydrogen (secondary N) is 1. The van der Waals surface area contributed by atoms with Gasteiger partial charge in [-0.05, 0) is 31.0 Å². The lowest BCUT2D eigenvalue weighted by Gasteiger charge is -2.03. The van der Waals surface area contributed by atoms with Crippen molar-refractivity contribution in [2.75, 3.05) is 7.05 Å². The summed E-state index contributed by atoms with van der Waals surface area (Å²) in [5, 5.41) is 6.62. The van der Waals surface area contributed by atoms with E-state index in [0.717, 1.165) is 19.4 Å². The molecule has 1 aromatic carbocycles. The molecule has 2 aromatic rings. The molecule has 3 rings (SSSR count). The summed E-state index contributed by atoms with van der Waals surface area (Å²) in [6.45, 7) is 0.871. The Morgan fingerprint density at radius 1 is 1.29 bits per heavy atom. The van der Waals surface area contributed by atoms with Gasteiger partial charge in [0, 0.05) is 17.8 Å². The molecule has 0 aliphatic heterocycles. The van der Waals surface area contributed by atoms with Crippen LogP contribution in [0.3, 0.4) is 0 Å². The second kappa shape index (κ2) is 4.59. The first-order chi connectivity index (χ1) is 8.36. The van der Waals surface area contributed by atoms with Gasteiger partial charge in [-0.3, -0.25) is 0 Å². The van der Waals surface area contributed by atoms with Crippen LogP contribution in [-0.4, -0.2) is 12.0 Å². The molecule has 0 amide bonds. The minimum absolute atomic E-state index is 0.600. The summed E-state index contributed by atoms with van der Waals surface area (Å²) in [4.78, 5) is 4.72. The Bertz CT molecular complexity index is 493. The van der Waals surface area contributed by atoms with Gasteiger partial charge in [0.15, 0.2) is 0 Å². The lowest BCUT2D eigenvalue weighted by molar-refractivity contribution is 0.719. The molecule has 1 aromatic heterocycles. The van der Waals surface area contributed by atoms with Gasteiger partial charge in [0.1, 0.15) is 0 Å². The topological polar surface area (TPSA) is 24.9 Å². The zero-order valence-corrected chi connectivity index (χ0v) is 10.8. The zero-order valence-electron chi connectivity index (χ0n) is 9.94. The molecule has 3 heteroatoms. The van der Waals surface area contributed by atoms with Gasteiger partial charge in [0.25, 0.3) is 0 Å². The second-order valence-electron chi connectivity index (χ2n) is 4.58. The Kier molecular flexibility index (Phi) is 2.95. The summed E-state index contributed by atoms with van der Waals surface area (Å²) in [6, 6.07) is 8.76. The van der Waals surface area contributed by atoms with Gasteiger partial charge in [0.05, 0.1) is 10.7 Å². The van der Waals surface area contributed by atoms with Gasteiger partial charge in [-0.15, -0.1) is 11.3 Å². The smallest absolute Gasteiger partial charge is 0.0966 e. The van der Waals surface area contributed by atoms with Crippen molar-refractivity contribution in [3.8, 4) is 0 Å². The van der Waals surface area contributed by atoms with Crippen molar-refractivity contribution in [3.63, 3.8) is 0 Å². The van der Waals surface area contributed by atoms with Gasteiger partial charge >= 0.3 is 0 Å². The average Bonchev–Trinajstić information content (AvgIpc) is 2.94. The van der Waals surface area contributed by atoms with E-state index in [2.05, 4.69) is 35.0 Å². The fourth-order valence-electron chi connectivity index (χ4n) is 2.51. The molecule has 2 nitrogen and oxygen atoms in total. The molecule has 0 saturated heterocycles. The average molecular weight is 244 g/mol. The van der Waals surface area contributed by atoms with E-state index in [4.69, 9.17) is 4.98 Å². The van der Waals surface area contributed by atoms with Crippen LogP contribution >= 0.6 is 11.3 Å². The first kappa shape index (κ1) is 10.9. The molecule has 1 aliphatic carbocycles. The predicted octanol–water partition coefficient (Wildman–Crippen LogP) is 2.74. The monoisotopic (exact) mass is 244 g/mol. The van der Waals surface area contributed by atoms with Crippen molar-refractivity contribution < 1.29 is 0 Å². The molecular formula is C14H16N2S. The molecule has 88 valence electrons. The van der Waals surface area contributed by atoms with Crippen molar-refractivity contribution in [1.82, 2.24) is 10.3 Å². The number of hydrogen-bond donors (Lipinski definition) is 1. The molecule has 0 atom stereocenters. The standard InChI is InChI=1S/C14H16N2S/c1-15-8-13-9-17-14(16-13)12-6-10-4-2-3-5-11(10)7-12/h2-5,9,12,15H,6-8H2,1H3. The highest BCUT2D eigenvalue weighted by Gasteiger charge is 2.24. The largest absolute Gasteiger partial charge is 0.314 e. The molecular weight excluding hydrogens is 228 g/mol. The molecule has 0 bridgehead atoms. The molecule has 1 N–H and O–H groups in total. The van der Waals surface area contributed by atoms with Crippen LogP contribution in [0.1, 0.15) is 27.7 Å². The summed E-state index contributed by atoms with van der Waals surface area (Å²) < 4.78 is 0. The molecule has 1 heterocycles. The van der Waals surface area contributed by atoms with Crippen LogP contribution in [0.15, 0.2) is 29.6 Å². The first-order valence-electron chi connectivity index (χ1n) is 6.02. The van der Waals surface area contributed by atoms with Crippen LogP contribution in [-0.2, 0) is 19.4 Å². The summed E-state index contributed by atoms with van der Waals surface area (Å²) in [5.74, 6) is 0.600. The van der Waals surface area contributed by atoms with E-state index in [0.29, 0.717) is 5.92 Å². The zero-order chi connectivity index (χ0) is 11.7. The molecule has 0 saturated carbocycles. The second-order valence-corrected chi connectivity index (χ2v) is 5.47. The Balaban J connectivity index is 1.79. The third kappa shape index (κ3) is 2.13. The minimum Gasteiger partial charge on any atom is -0.314 e. The summed E-state index contributed by atoms with van der Waals surface area (Å²) in [6.07, 6.45) is 2.31. The van der Waals surface area contributed by atoms with Crippen LogP contribution < -0.4 is 5.32 Å². The Morgan fingerprint density at radius 2 is 2.00 bits per heavy atom. The maximum absolute atomic E-state index is 4.72. The highest BCUT2D eigenvalue weighted by Crippen LogP contribution is 2.35. The fraction of sp³-hybridized carbons (Fsp3) is 0.357. The van der Waals surface area contributed by atoms with E-state index in [9.17, 15) is 0 Å². The van der Waals surface area contributed by atoms with Gasteiger partial charge in [-0.25, -0.2) is 4.98 Å². The summed E-state index contributed by atoms with van der Waals surface area (Å²) in [5.41, 5.74) is 4.18.